The van der Waals surface area contributed by atoms with Gasteiger partial charge in [-0.1, -0.05) is 6.92 Å². The Kier molecular flexibility index (Phi) is 4.93. The van der Waals surface area contributed by atoms with Crippen molar-refractivity contribution in [1.29, 1.82) is 0 Å². The number of hydrogen-bond donors (Lipinski definition) is 0. The molecule has 0 saturated carbocycles. The second-order valence-electron chi connectivity index (χ2n) is 1.11. The summed E-state index contributed by atoms with van der Waals surface area (Å²) in [4.78, 5) is 0. The third-order valence-electron chi connectivity index (χ3n) is 0.489. The Bertz CT molecular complexity index is 15.9. The second-order valence-corrected chi connectivity index (χ2v) is 1.11. The van der Waals surface area contributed by atoms with E-state index in [0.29, 0.717) is 0 Å². The van der Waals surface area contributed by atoms with Gasteiger partial charge in [-0.2, -0.15) is 0 Å². The van der Waals surface area contributed by atoms with Crippen molar-refractivity contribution in [2.45, 2.75) is 20.3 Å². The summed E-state index contributed by atoms with van der Waals surface area (Å²) in [6.45, 7) is 6.54. The summed E-state index contributed by atoms with van der Waals surface area (Å²) >= 11 is 0. The van der Waals surface area contributed by atoms with Crippen LogP contribution >= 0.6 is 0 Å². The lowest BCUT2D eigenvalue weighted by Gasteiger charge is -1.90. The Morgan fingerprint density at radius 1 is 1.67 bits per heavy atom. The van der Waals surface area contributed by atoms with E-state index in [-0.39, 0.29) is 0 Å². The summed E-state index contributed by atoms with van der Waals surface area (Å²) in [7, 11) is 0. The van der Waals surface area contributed by atoms with E-state index in [1.165, 1.54) is 0 Å². The van der Waals surface area contributed by atoms with Crippen LogP contribution in [0, 0.1) is 6.61 Å². The first-order chi connectivity index (χ1) is 2.91. The summed E-state index contributed by atoms with van der Waals surface area (Å²) in [5.41, 5.74) is 0. The third kappa shape index (κ3) is 3.96. The molecule has 0 rings (SSSR count). The topological polar surface area (TPSA) is 9.23 Å². The summed E-state index contributed by atoms with van der Waals surface area (Å²) in [6, 6.07) is 0. The van der Waals surface area contributed by atoms with Crippen molar-refractivity contribution in [3.05, 3.63) is 6.61 Å². The Hall–Kier alpha value is -0.0400. The summed E-state index contributed by atoms with van der Waals surface area (Å²) in [5.74, 6) is 0. The molecule has 1 radical (unpaired) electrons. The predicted octanol–water partition coefficient (Wildman–Crippen LogP) is 1.59. The summed E-state index contributed by atoms with van der Waals surface area (Å²) < 4.78 is 4.86. The molecule has 0 amide bonds. The smallest absolute Gasteiger partial charge is 0.0805 e. The molecule has 0 aliphatic rings. The fourth-order valence-electron chi connectivity index (χ4n) is 0.236. The fourth-order valence-corrected chi connectivity index (χ4v) is 0.236. The van der Waals surface area contributed by atoms with Crippen LogP contribution in [0.15, 0.2) is 0 Å². The molecule has 0 heterocycles. The quantitative estimate of drug-likeness (QED) is 0.475. The lowest BCUT2D eigenvalue weighted by Crippen LogP contribution is -1.83. The van der Waals surface area contributed by atoms with Gasteiger partial charge in [0.2, 0.25) is 0 Å². The molecular weight excluding hydrogens is 76.1 g/mol. The minimum atomic E-state index is 0.858. The minimum absolute atomic E-state index is 0.858. The second kappa shape index (κ2) is 4.96. The van der Waals surface area contributed by atoms with E-state index in [0.717, 1.165) is 13.0 Å². The highest BCUT2D eigenvalue weighted by molar-refractivity contribution is 4.32. The van der Waals surface area contributed by atoms with Gasteiger partial charge in [-0.25, -0.2) is 0 Å². The lowest BCUT2D eigenvalue weighted by atomic mass is 10.5. The molecule has 0 aliphatic carbocycles. The number of rotatable bonds is 3. The van der Waals surface area contributed by atoms with Crippen LogP contribution in [0.2, 0.25) is 0 Å². The van der Waals surface area contributed by atoms with Crippen molar-refractivity contribution in [2.24, 2.45) is 0 Å². The van der Waals surface area contributed by atoms with Gasteiger partial charge in [-0.05, 0) is 13.3 Å². The molecule has 0 bridgehead atoms. The van der Waals surface area contributed by atoms with Gasteiger partial charge in [-0.15, -0.1) is 0 Å². The zero-order valence-electron chi connectivity index (χ0n) is 4.40. The van der Waals surface area contributed by atoms with Gasteiger partial charge in [0.05, 0.1) is 6.61 Å². The van der Waals surface area contributed by atoms with E-state index in [1.54, 1.807) is 6.61 Å². The molecule has 37 valence electrons. The molecular formula is C5H11O. The Morgan fingerprint density at radius 3 is 2.50 bits per heavy atom. The molecule has 0 aliphatic heterocycles. The normalized spacial score (nSPS) is 9.00. The van der Waals surface area contributed by atoms with Crippen molar-refractivity contribution >= 4 is 0 Å². The molecule has 0 N–H and O–H groups in total. The van der Waals surface area contributed by atoms with E-state index in [9.17, 15) is 0 Å². The van der Waals surface area contributed by atoms with Crippen molar-refractivity contribution in [1.82, 2.24) is 0 Å². The maximum atomic E-state index is 4.86. The molecule has 6 heavy (non-hydrogen) atoms. The van der Waals surface area contributed by atoms with Crippen LogP contribution in [-0.2, 0) is 4.74 Å². The summed E-state index contributed by atoms with van der Waals surface area (Å²) in [6.07, 6.45) is 1.10. The molecule has 0 aromatic carbocycles. The van der Waals surface area contributed by atoms with E-state index in [2.05, 4.69) is 6.92 Å². The van der Waals surface area contributed by atoms with Crippen LogP contribution in [0.4, 0.5) is 0 Å². The van der Waals surface area contributed by atoms with Crippen LogP contribution in [0.3, 0.4) is 0 Å². The van der Waals surface area contributed by atoms with E-state index in [4.69, 9.17) is 4.74 Å². The molecule has 0 aromatic heterocycles. The van der Waals surface area contributed by atoms with Gasteiger partial charge >= 0.3 is 0 Å². The van der Waals surface area contributed by atoms with Crippen LogP contribution in [0.25, 0.3) is 0 Å². The van der Waals surface area contributed by atoms with Crippen LogP contribution in [-0.4, -0.2) is 6.61 Å². The molecule has 0 spiro atoms. The predicted molar refractivity (Wildman–Crippen MR) is 26.2 cm³/mol. The molecule has 1 heteroatoms. The molecule has 0 saturated heterocycles. The van der Waals surface area contributed by atoms with Gasteiger partial charge in [0.1, 0.15) is 0 Å². The molecule has 0 atom stereocenters. The van der Waals surface area contributed by atoms with Crippen molar-refractivity contribution in [2.75, 3.05) is 6.61 Å². The fraction of sp³-hybridized carbons (Fsp3) is 0.800. The van der Waals surface area contributed by atoms with Gasteiger partial charge in [0.25, 0.3) is 0 Å². The Balaban J connectivity index is 2.34. The highest BCUT2D eigenvalue weighted by Crippen LogP contribution is 1.80. The monoisotopic (exact) mass is 87.1 g/mol. The first-order valence-electron chi connectivity index (χ1n) is 2.31. The maximum absolute atomic E-state index is 4.86. The van der Waals surface area contributed by atoms with Crippen LogP contribution in [0.5, 0.6) is 0 Å². The maximum Gasteiger partial charge on any atom is 0.0805 e. The van der Waals surface area contributed by atoms with Gasteiger partial charge in [0.15, 0.2) is 0 Å². The third-order valence-corrected chi connectivity index (χ3v) is 0.489. The lowest BCUT2D eigenvalue weighted by molar-refractivity contribution is 0.205. The average Bonchev–Trinajstić information content (AvgIpc) is 1.61. The summed E-state index contributed by atoms with van der Waals surface area (Å²) in [5, 5.41) is 0. The van der Waals surface area contributed by atoms with Gasteiger partial charge in [0, 0.05) is 6.61 Å². The van der Waals surface area contributed by atoms with Crippen molar-refractivity contribution < 1.29 is 4.74 Å². The van der Waals surface area contributed by atoms with Crippen molar-refractivity contribution in [3.63, 3.8) is 0 Å². The SMILES string of the molecule is C[CH]OCCC. The zero-order valence-corrected chi connectivity index (χ0v) is 4.40. The Morgan fingerprint density at radius 2 is 2.33 bits per heavy atom. The molecule has 0 fully saturated rings. The molecule has 0 unspecified atom stereocenters. The average molecular weight is 87.1 g/mol. The van der Waals surface area contributed by atoms with E-state index < -0.39 is 0 Å². The van der Waals surface area contributed by atoms with Crippen LogP contribution < -0.4 is 0 Å². The minimum Gasteiger partial charge on any atom is -0.376 e. The highest BCUT2D eigenvalue weighted by Gasteiger charge is 1.73. The number of ether oxygens (including phenoxy) is 1. The standard InChI is InChI=1S/C5H11O/c1-3-5-6-4-2/h4H,3,5H2,1-2H3. The first kappa shape index (κ1) is 5.96. The molecule has 0 aromatic rings. The first-order valence-corrected chi connectivity index (χ1v) is 2.31. The largest absolute Gasteiger partial charge is 0.376 e. The van der Waals surface area contributed by atoms with Crippen LogP contribution in [0.1, 0.15) is 20.3 Å². The van der Waals surface area contributed by atoms with Gasteiger partial charge < -0.3 is 4.74 Å². The zero-order chi connectivity index (χ0) is 4.83. The van der Waals surface area contributed by atoms with Crippen molar-refractivity contribution in [3.8, 4) is 0 Å². The van der Waals surface area contributed by atoms with Gasteiger partial charge in [-0.3, -0.25) is 0 Å². The molecule has 1 nitrogen and oxygen atoms in total. The number of hydrogen-bond acceptors (Lipinski definition) is 1. The Labute approximate surface area is 39.3 Å². The highest BCUT2D eigenvalue weighted by atomic mass is 16.5. The van der Waals surface area contributed by atoms with E-state index in [1.807, 2.05) is 6.92 Å². The van der Waals surface area contributed by atoms with E-state index >= 15 is 0 Å².